The van der Waals surface area contributed by atoms with Crippen LogP contribution in [0.4, 0.5) is 33.7 Å². The molecule has 0 aliphatic carbocycles. The van der Waals surface area contributed by atoms with Crippen molar-refractivity contribution in [2.45, 2.75) is 19.0 Å². The maximum absolute atomic E-state index is 13.4. The van der Waals surface area contributed by atoms with Gasteiger partial charge in [-0.3, -0.25) is 9.49 Å². The molecule has 0 saturated heterocycles. The highest BCUT2D eigenvalue weighted by Gasteiger charge is 2.33. The van der Waals surface area contributed by atoms with Crippen molar-refractivity contribution < 1.29 is 27.1 Å². The number of fused-ring (bicyclic) bond motifs is 1. The van der Waals surface area contributed by atoms with E-state index in [1.54, 1.807) is 42.7 Å². The molecule has 176 valence electrons. The number of anilines is 2. The summed E-state index contributed by atoms with van der Waals surface area (Å²) in [6, 6.07) is 10.8. The van der Waals surface area contributed by atoms with E-state index in [0.29, 0.717) is 28.2 Å². The highest BCUT2D eigenvalue weighted by molar-refractivity contribution is 5.99. The lowest BCUT2D eigenvalue weighted by Gasteiger charge is -2.15. The number of aromatic nitrogens is 3. The number of H-pyrrole nitrogens is 1. The average molecular weight is 473 g/mol. The molecule has 34 heavy (non-hydrogen) atoms. The van der Waals surface area contributed by atoms with E-state index < -0.39 is 24.4 Å². The lowest BCUT2D eigenvalue weighted by molar-refractivity contribution is -0.138. The molecule has 4 rings (SSSR count). The van der Waals surface area contributed by atoms with Crippen molar-refractivity contribution in [3.63, 3.8) is 0 Å². The number of amides is 2. The Hall–Kier alpha value is -4.15. The predicted molar refractivity (Wildman–Crippen MR) is 119 cm³/mol. The van der Waals surface area contributed by atoms with Crippen LogP contribution < -0.4 is 15.4 Å². The van der Waals surface area contributed by atoms with Gasteiger partial charge < -0.3 is 15.4 Å². The number of halogens is 4. The molecule has 7 nitrogen and oxygen atoms in total. The number of nitrogens with zero attached hydrogens (tertiary/aromatic N) is 2. The third kappa shape index (κ3) is 5.42. The number of ether oxygens (including phenoxy) is 1. The monoisotopic (exact) mass is 473 g/mol. The number of nitrogens with one attached hydrogen (secondary N) is 3. The summed E-state index contributed by atoms with van der Waals surface area (Å²) in [4.78, 5) is 16.4. The molecule has 3 N–H and O–H groups in total. The number of carbonyl (C=O) groups is 1. The highest BCUT2D eigenvalue weighted by Crippen LogP contribution is 2.34. The van der Waals surface area contributed by atoms with Gasteiger partial charge in [-0.25, -0.2) is 9.78 Å². The minimum atomic E-state index is -4.62. The van der Waals surface area contributed by atoms with Gasteiger partial charge in [0.05, 0.1) is 23.8 Å². The van der Waals surface area contributed by atoms with E-state index in [0.717, 1.165) is 6.07 Å². The van der Waals surface area contributed by atoms with Crippen molar-refractivity contribution >= 4 is 28.4 Å². The number of rotatable bonds is 7. The van der Waals surface area contributed by atoms with E-state index >= 15 is 0 Å². The van der Waals surface area contributed by atoms with Crippen LogP contribution in [-0.2, 0) is 12.6 Å². The van der Waals surface area contributed by atoms with Gasteiger partial charge in [-0.15, -0.1) is 0 Å². The number of pyridine rings is 1. The Morgan fingerprint density at radius 2 is 1.76 bits per heavy atom. The van der Waals surface area contributed by atoms with E-state index in [-0.39, 0.29) is 24.1 Å². The van der Waals surface area contributed by atoms with Crippen LogP contribution in [0.15, 0.2) is 60.9 Å². The van der Waals surface area contributed by atoms with Crippen LogP contribution in [0, 0.1) is 0 Å². The largest absolute Gasteiger partial charge is 0.456 e. The fourth-order valence-corrected chi connectivity index (χ4v) is 3.34. The van der Waals surface area contributed by atoms with Crippen LogP contribution in [0.3, 0.4) is 0 Å². The molecule has 0 atom stereocenters. The van der Waals surface area contributed by atoms with Crippen molar-refractivity contribution in [2.24, 2.45) is 0 Å². The van der Waals surface area contributed by atoms with E-state index in [2.05, 4.69) is 25.8 Å². The molecule has 2 amide bonds. The predicted octanol–water partition coefficient (Wildman–Crippen LogP) is 6.32. The van der Waals surface area contributed by atoms with Crippen molar-refractivity contribution in [2.75, 3.05) is 17.3 Å². The molecule has 0 aliphatic rings. The first-order valence-corrected chi connectivity index (χ1v) is 10.2. The number of aromatic amines is 1. The number of urea groups is 1. The minimum Gasteiger partial charge on any atom is -0.456 e. The Morgan fingerprint density at radius 3 is 2.50 bits per heavy atom. The summed E-state index contributed by atoms with van der Waals surface area (Å²) < 4.78 is 58.3. The summed E-state index contributed by atoms with van der Waals surface area (Å²) in [5.41, 5.74) is 0.0347. The molecular weight excluding hydrogens is 454 g/mol. The lowest BCUT2D eigenvalue weighted by atomic mass is 10.0. The Kier molecular flexibility index (Phi) is 6.62. The van der Waals surface area contributed by atoms with E-state index in [1.807, 2.05) is 0 Å². The molecule has 0 bridgehead atoms. The molecular formula is C23H19F4N5O2. The van der Waals surface area contributed by atoms with Crippen LogP contribution in [0.5, 0.6) is 11.5 Å². The van der Waals surface area contributed by atoms with Gasteiger partial charge in [-0.1, -0.05) is 6.07 Å². The smallest absolute Gasteiger partial charge is 0.416 e. The number of benzene rings is 2. The van der Waals surface area contributed by atoms with Crippen LogP contribution >= 0.6 is 0 Å². The van der Waals surface area contributed by atoms with Gasteiger partial charge in [0.15, 0.2) is 5.65 Å². The molecule has 4 aromatic rings. The van der Waals surface area contributed by atoms with Gasteiger partial charge in [-0.05, 0) is 60.9 Å². The Labute approximate surface area is 191 Å². The number of hydrogen-bond donors (Lipinski definition) is 3. The van der Waals surface area contributed by atoms with Gasteiger partial charge in [-0.2, -0.15) is 18.3 Å². The normalized spacial score (nSPS) is 11.4. The molecule has 0 fully saturated rings. The molecule has 0 saturated carbocycles. The number of hydrogen-bond acceptors (Lipinski definition) is 4. The van der Waals surface area contributed by atoms with Crippen LogP contribution in [0.1, 0.15) is 17.5 Å². The zero-order chi connectivity index (χ0) is 24.1. The zero-order valence-corrected chi connectivity index (χ0v) is 17.6. The van der Waals surface area contributed by atoms with Gasteiger partial charge in [0.1, 0.15) is 11.5 Å². The molecule has 0 aliphatic heterocycles. The van der Waals surface area contributed by atoms with Gasteiger partial charge in [0.2, 0.25) is 0 Å². The van der Waals surface area contributed by atoms with Crippen molar-refractivity contribution in [3.05, 3.63) is 72.1 Å². The second kappa shape index (κ2) is 9.77. The third-order valence-corrected chi connectivity index (χ3v) is 4.91. The Bertz CT molecular complexity index is 1290. The van der Waals surface area contributed by atoms with E-state index in [9.17, 15) is 22.4 Å². The van der Waals surface area contributed by atoms with Crippen molar-refractivity contribution in [3.8, 4) is 11.5 Å². The third-order valence-electron chi connectivity index (χ3n) is 4.91. The van der Waals surface area contributed by atoms with Crippen LogP contribution in [0.2, 0.25) is 0 Å². The molecule has 0 radical (unpaired) electrons. The Morgan fingerprint density at radius 1 is 1.03 bits per heavy atom. The summed E-state index contributed by atoms with van der Waals surface area (Å²) in [7, 11) is 0. The molecule has 0 unspecified atom stereocenters. The Balaban J connectivity index is 1.40. The zero-order valence-electron chi connectivity index (χ0n) is 17.6. The fourth-order valence-electron chi connectivity index (χ4n) is 3.34. The summed E-state index contributed by atoms with van der Waals surface area (Å²) in [6.45, 7) is -0.709. The van der Waals surface area contributed by atoms with Gasteiger partial charge in [0, 0.05) is 17.6 Å². The second-order valence-electron chi connectivity index (χ2n) is 7.31. The quantitative estimate of drug-likeness (QED) is 0.274. The van der Waals surface area contributed by atoms with Crippen LogP contribution in [-0.4, -0.2) is 27.9 Å². The fraction of sp³-hybridized carbons (Fsp3) is 0.174. The first-order chi connectivity index (χ1) is 16.3. The summed E-state index contributed by atoms with van der Waals surface area (Å²) in [5.74, 6) is 1.05. The molecule has 2 aromatic heterocycles. The molecule has 2 aromatic carbocycles. The lowest BCUT2D eigenvalue weighted by Crippen LogP contribution is -2.20. The maximum atomic E-state index is 13.4. The second-order valence-corrected chi connectivity index (χ2v) is 7.31. The maximum Gasteiger partial charge on any atom is 0.416 e. The first-order valence-electron chi connectivity index (χ1n) is 10.2. The average Bonchev–Trinajstić information content (AvgIpc) is 3.29. The topological polar surface area (TPSA) is 91.9 Å². The molecule has 2 heterocycles. The van der Waals surface area contributed by atoms with E-state index in [4.69, 9.17) is 4.74 Å². The number of carbonyl (C=O) groups excluding carboxylic acids is 1. The van der Waals surface area contributed by atoms with Crippen LogP contribution in [0.25, 0.3) is 11.0 Å². The summed E-state index contributed by atoms with van der Waals surface area (Å²) in [6.07, 6.45) is -1.50. The van der Waals surface area contributed by atoms with Crippen molar-refractivity contribution in [1.82, 2.24) is 15.2 Å². The number of alkyl halides is 4. The van der Waals surface area contributed by atoms with Crippen molar-refractivity contribution in [1.29, 1.82) is 0 Å². The first kappa shape index (κ1) is 23.0. The summed E-state index contributed by atoms with van der Waals surface area (Å²) in [5, 5.41) is 12.3. The standard InChI is InChI=1S/C23H19F4N5O2/c24-10-1-2-14-3-4-16(12-19(14)23(25,26)27)31-22(33)30-15-5-7-17(8-6-15)34-20-9-11-28-21-18(20)13-29-32-21/h3-9,11-13H,1-2,10H2,(H,28,29,32)(H2,30,31,33). The van der Waals surface area contributed by atoms with Gasteiger partial charge in [0.25, 0.3) is 0 Å². The van der Waals surface area contributed by atoms with Gasteiger partial charge >= 0.3 is 12.2 Å². The number of aryl methyl sites for hydroxylation is 1. The molecule has 11 heteroatoms. The molecule has 0 spiro atoms. The minimum absolute atomic E-state index is 0.00976. The highest BCUT2D eigenvalue weighted by atomic mass is 19.4. The van der Waals surface area contributed by atoms with E-state index in [1.165, 1.54) is 12.1 Å². The summed E-state index contributed by atoms with van der Waals surface area (Å²) >= 11 is 0. The SMILES string of the molecule is O=C(Nc1ccc(Oc2ccnc3[nH]ncc23)cc1)Nc1ccc(CCCF)c(C(F)(F)F)c1.